The maximum Gasteiger partial charge on any atom is 0.123 e. The van der Waals surface area contributed by atoms with Gasteiger partial charge < -0.3 is 19.8 Å². The highest BCUT2D eigenvalue weighted by molar-refractivity contribution is 5.33. The van der Waals surface area contributed by atoms with Gasteiger partial charge in [0.15, 0.2) is 0 Å². The molecule has 0 radical (unpaired) electrons. The van der Waals surface area contributed by atoms with Crippen molar-refractivity contribution in [2.45, 2.75) is 38.9 Å². The normalized spacial score (nSPS) is 18.0. The summed E-state index contributed by atoms with van der Waals surface area (Å²) in [6.07, 6.45) is 0.577. The molecule has 1 saturated heterocycles. The van der Waals surface area contributed by atoms with Crippen LogP contribution < -0.4 is 4.74 Å². The molecule has 152 valence electrons. The highest BCUT2D eigenvalue weighted by Crippen LogP contribution is 2.30. The molecule has 0 saturated carbocycles. The summed E-state index contributed by atoms with van der Waals surface area (Å²) in [7, 11) is 0. The van der Waals surface area contributed by atoms with Crippen molar-refractivity contribution in [3.05, 3.63) is 65.0 Å². The molecule has 2 aromatic rings. The Balaban J connectivity index is 1.42. The highest BCUT2D eigenvalue weighted by atomic mass is 19.1. The summed E-state index contributed by atoms with van der Waals surface area (Å²) in [6.45, 7) is 6.58. The van der Waals surface area contributed by atoms with E-state index in [4.69, 9.17) is 4.74 Å². The minimum atomic E-state index is -0.569. The second-order valence-corrected chi connectivity index (χ2v) is 7.85. The first kappa shape index (κ1) is 20.8. The summed E-state index contributed by atoms with van der Waals surface area (Å²) in [5, 5.41) is 20.9. The van der Waals surface area contributed by atoms with E-state index in [1.165, 1.54) is 23.3 Å². The van der Waals surface area contributed by atoms with Crippen LogP contribution >= 0.6 is 0 Å². The van der Waals surface area contributed by atoms with Crippen LogP contribution in [0.4, 0.5) is 4.39 Å². The molecule has 5 heteroatoms. The third-order valence-electron chi connectivity index (χ3n) is 5.68. The van der Waals surface area contributed by atoms with Gasteiger partial charge in [0.25, 0.3) is 0 Å². The van der Waals surface area contributed by atoms with Crippen LogP contribution in [0.3, 0.4) is 0 Å². The van der Waals surface area contributed by atoms with Gasteiger partial charge >= 0.3 is 0 Å². The van der Waals surface area contributed by atoms with Crippen molar-refractivity contribution in [3.8, 4) is 5.75 Å². The Bertz CT molecular complexity index is 757. The van der Waals surface area contributed by atoms with Crippen molar-refractivity contribution in [1.29, 1.82) is 0 Å². The molecule has 1 aliphatic heterocycles. The predicted molar refractivity (Wildman–Crippen MR) is 108 cm³/mol. The second-order valence-electron chi connectivity index (χ2n) is 7.85. The number of hydrogen-bond donors (Lipinski definition) is 2. The van der Waals surface area contributed by atoms with Gasteiger partial charge in [-0.2, -0.15) is 0 Å². The number of aryl methyl sites for hydroxylation is 2. The molecule has 3 rings (SSSR count). The minimum absolute atomic E-state index is 0.158. The molecule has 0 spiro atoms. The average molecular weight is 387 g/mol. The highest BCUT2D eigenvalue weighted by Gasteiger charge is 2.27. The fraction of sp³-hybridized carbons (Fsp3) is 0.478. The number of rotatable bonds is 7. The Morgan fingerprint density at radius 3 is 2.36 bits per heavy atom. The zero-order chi connectivity index (χ0) is 20.1. The minimum Gasteiger partial charge on any atom is -0.491 e. The molecule has 0 amide bonds. The number of aliphatic hydroxyl groups is 2. The van der Waals surface area contributed by atoms with Gasteiger partial charge in [0.2, 0.25) is 0 Å². The molecule has 28 heavy (non-hydrogen) atoms. The number of hydrogen-bond acceptors (Lipinski definition) is 4. The summed E-state index contributed by atoms with van der Waals surface area (Å²) in [5.41, 5.74) is 3.16. The third kappa shape index (κ3) is 5.53. The molecule has 2 N–H and O–H groups in total. The van der Waals surface area contributed by atoms with Gasteiger partial charge in [-0.1, -0.05) is 18.2 Å². The predicted octanol–water partition coefficient (Wildman–Crippen LogP) is 3.63. The van der Waals surface area contributed by atoms with Gasteiger partial charge in [0.1, 0.15) is 24.3 Å². The molecule has 0 aromatic heterocycles. The van der Waals surface area contributed by atoms with Crippen molar-refractivity contribution >= 4 is 0 Å². The van der Waals surface area contributed by atoms with Gasteiger partial charge in [-0.25, -0.2) is 4.39 Å². The smallest absolute Gasteiger partial charge is 0.123 e. The van der Waals surface area contributed by atoms with E-state index in [1.807, 2.05) is 25.1 Å². The SMILES string of the molecule is Cc1ccc(OCC(O)CN2CCC(C(O)c3ccc(F)cc3)CC2)cc1C. The summed E-state index contributed by atoms with van der Waals surface area (Å²) < 4.78 is 18.8. The Kier molecular flexibility index (Phi) is 7.05. The summed E-state index contributed by atoms with van der Waals surface area (Å²) in [6, 6.07) is 12.0. The van der Waals surface area contributed by atoms with E-state index in [0.29, 0.717) is 6.54 Å². The first-order valence-electron chi connectivity index (χ1n) is 9.96. The third-order valence-corrected chi connectivity index (χ3v) is 5.68. The quantitative estimate of drug-likeness (QED) is 0.762. The van der Waals surface area contributed by atoms with E-state index in [2.05, 4.69) is 11.8 Å². The Morgan fingerprint density at radius 2 is 1.71 bits per heavy atom. The van der Waals surface area contributed by atoms with Crippen LogP contribution in [0.5, 0.6) is 5.75 Å². The standard InChI is InChI=1S/C23H30FNO3/c1-16-3-8-22(13-17(16)2)28-15-21(26)14-25-11-9-19(10-12-25)23(27)18-4-6-20(24)7-5-18/h3-8,13,19,21,23,26-27H,9-12,14-15H2,1-2H3. The van der Waals surface area contributed by atoms with Crippen LogP contribution in [0, 0.1) is 25.6 Å². The number of β-amino-alcohol motifs (C(OH)–C–C–N with tert-alkyl or cyclic N) is 1. The average Bonchev–Trinajstić information content (AvgIpc) is 2.69. The van der Waals surface area contributed by atoms with Crippen LogP contribution in [0.15, 0.2) is 42.5 Å². The van der Waals surface area contributed by atoms with E-state index in [9.17, 15) is 14.6 Å². The van der Waals surface area contributed by atoms with Crippen LogP contribution in [0.25, 0.3) is 0 Å². The van der Waals surface area contributed by atoms with Crippen LogP contribution in [-0.4, -0.2) is 47.5 Å². The van der Waals surface area contributed by atoms with Crippen LogP contribution in [0.2, 0.25) is 0 Å². The van der Waals surface area contributed by atoms with Gasteiger partial charge in [0, 0.05) is 6.54 Å². The molecule has 0 aliphatic carbocycles. The zero-order valence-electron chi connectivity index (χ0n) is 16.6. The summed E-state index contributed by atoms with van der Waals surface area (Å²) in [4.78, 5) is 2.21. The molecule has 1 fully saturated rings. The number of piperidine rings is 1. The lowest BCUT2D eigenvalue weighted by Gasteiger charge is -2.35. The lowest BCUT2D eigenvalue weighted by atomic mass is 9.87. The summed E-state index contributed by atoms with van der Waals surface area (Å²) in [5.74, 6) is 0.650. The molecule has 0 bridgehead atoms. The lowest BCUT2D eigenvalue weighted by molar-refractivity contribution is 0.0278. The van der Waals surface area contributed by atoms with E-state index in [0.717, 1.165) is 37.2 Å². The fourth-order valence-corrected chi connectivity index (χ4v) is 3.73. The Hall–Kier alpha value is -1.95. The largest absolute Gasteiger partial charge is 0.491 e. The van der Waals surface area contributed by atoms with Gasteiger partial charge in [0.05, 0.1) is 6.10 Å². The molecule has 4 nitrogen and oxygen atoms in total. The molecular formula is C23H30FNO3. The number of benzene rings is 2. The maximum atomic E-state index is 13.1. The molecular weight excluding hydrogens is 357 g/mol. The van der Waals surface area contributed by atoms with E-state index >= 15 is 0 Å². The first-order chi connectivity index (χ1) is 13.4. The maximum absolute atomic E-state index is 13.1. The number of halogens is 1. The Labute approximate surface area is 166 Å². The van der Waals surface area contributed by atoms with E-state index in [1.54, 1.807) is 12.1 Å². The first-order valence-corrected chi connectivity index (χ1v) is 9.96. The second kappa shape index (κ2) is 9.50. The van der Waals surface area contributed by atoms with Crippen LogP contribution in [-0.2, 0) is 0 Å². The van der Waals surface area contributed by atoms with Crippen molar-refractivity contribution in [3.63, 3.8) is 0 Å². The topological polar surface area (TPSA) is 52.9 Å². The number of aliphatic hydroxyl groups excluding tert-OH is 2. The number of nitrogens with zero attached hydrogens (tertiary/aromatic N) is 1. The summed E-state index contributed by atoms with van der Waals surface area (Å²) >= 11 is 0. The number of likely N-dealkylation sites (tertiary alicyclic amines) is 1. The molecule has 2 atom stereocenters. The van der Waals surface area contributed by atoms with Crippen molar-refractivity contribution in [1.82, 2.24) is 4.90 Å². The molecule has 1 heterocycles. The lowest BCUT2D eigenvalue weighted by Crippen LogP contribution is -2.41. The molecule has 1 aliphatic rings. The Morgan fingerprint density at radius 1 is 1.04 bits per heavy atom. The molecule has 2 unspecified atom stereocenters. The van der Waals surface area contributed by atoms with Crippen LogP contribution in [0.1, 0.15) is 35.6 Å². The van der Waals surface area contributed by atoms with Crippen molar-refractivity contribution in [2.24, 2.45) is 5.92 Å². The van der Waals surface area contributed by atoms with E-state index in [-0.39, 0.29) is 18.3 Å². The number of ether oxygens (including phenoxy) is 1. The zero-order valence-corrected chi connectivity index (χ0v) is 16.6. The molecule has 2 aromatic carbocycles. The van der Waals surface area contributed by atoms with Gasteiger partial charge in [-0.05, 0) is 86.7 Å². The monoisotopic (exact) mass is 387 g/mol. The van der Waals surface area contributed by atoms with Crippen molar-refractivity contribution < 1.29 is 19.3 Å². The van der Waals surface area contributed by atoms with Crippen molar-refractivity contribution in [2.75, 3.05) is 26.2 Å². The van der Waals surface area contributed by atoms with E-state index < -0.39 is 12.2 Å². The van der Waals surface area contributed by atoms with Gasteiger partial charge in [-0.3, -0.25) is 0 Å². The van der Waals surface area contributed by atoms with Gasteiger partial charge in [-0.15, -0.1) is 0 Å². The fourth-order valence-electron chi connectivity index (χ4n) is 3.73.